The Morgan fingerprint density at radius 3 is 3.05 bits per heavy atom. The molecular formula is C13H12BrN3O2. The van der Waals surface area contributed by atoms with Gasteiger partial charge in [0, 0.05) is 10.9 Å². The number of benzene rings is 1. The van der Waals surface area contributed by atoms with Crippen LogP contribution in [0.3, 0.4) is 0 Å². The molecule has 1 heterocycles. The zero-order valence-corrected chi connectivity index (χ0v) is 11.7. The number of hydrogen-bond donors (Lipinski definition) is 1. The minimum atomic E-state index is -0.760. The summed E-state index contributed by atoms with van der Waals surface area (Å²) in [4.78, 5) is 4.19. The molecule has 0 radical (unpaired) electrons. The lowest BCUT2D eigenvalue weighted by Crippen LogP contribution is -2.09. The number of nitrogens with zero attached hydrogens (tertiary/aromatic N) is 3. The Morgan fingerprint density at radius 2 is 2.32 bits per heavy atom. The molecule has 0 bridgehead atoms. The van der Waals surface area contributed by atoms with Crippen LogP contribution >= 0.6 is 15.9 Å². The van der Waals surface area contributed by atoms with Crippen molar-refractivity contribution in [1.82, 2.24) is 10.1 Å². The molecule has 0 saturated heterocycles. The van der Waals surface area contributed by atoms with Gasteiger partial charge in [0.15, 0.2) is 5.82 Å². The Labute approximate surface area is 119 Å². The fraction of sp³-hybridized carbons (Fsp3) is 0.308. The molecule has 98 valence electrons. The molecule has 0 aliphatic heterocycles. The number of nitriles is 1. The molecule has 0 aliphatic carbocycles. The first-order valence-electron chi connectivity index (χ1n) is 5.78. The van der Waals surface area contributed by atoms with Crippen molar-refractivity contribution < 1.29 is 9.63 Å². The van der Waals surface area contributed by atoms with Crippen molar-refractivity contribution in [3.05, 3.63) is 46.0 Å². The summed E-state index contributed by atoms with van der Waals surface area (Å²) < 4.78 is 6.04. The number of hydrogen-bond acceptors (Lipinski definition) is 5. The molecule has 19 heavy (non-hydrogen) atoms. The summed E-state index contributed by atoms with van der Waals surface area (Å²) in [7, 11) is 0. The first-order valence-corrected chi connectivity index (χ1v) is 6.57. The molecule has 1 atom stereocenters. The van der Waals surface area contributed by atoms with Crippen molar-refractivity contribution in [2.45, 2.75) is 25.4 Å². The van der Waals surface area contributed by atoms with E-state index in [0.717, 1.165) is 10.0 Å². The number of rotatable bonds is 5. The Kier molecular flexibility index (Phi) is 4.66. The second-order valence-corrected chi connectivity index (χ2v) is 5.05. The van der Waals surface area contributed by atoms with Gasteiger partial charge in [-0.15, -0.1) is 0 Å². The van der Waals surface area contributed by atoms with Crippen LogP contribution < -0.4 is 0 Å². The van der Waals surface area contributed by atoms with E-state index in [1.807, 2.05) is 30.3 Å². The van der Waals surface area contributed by atoms with E-state index in [1.165, 1.54) is 0 Å². The Bertz CT molecular complexity index is 592. The molecule has 1 unspecified atom stereocenters. The first kappa shape index (κ1) is 13.7. The maximum atomic E-state index is 9.48. The van der Waals surface area contributed by atoms with E-state index in [1.54, 1.807) is 0 Å². The zero-order chi connectivity index (χ0) is 13.7. The minimum Gasteiger partial charge on any atom is -0.392 e. The summed E-state index contributed by atoms with van der Waals surface area (Å²) in [5.41, 5.74) is 1.07. The summed E-state index contributed by atoms with van der Waals surface area (Å²) in [5.74, 6) is 0.921. The summed E-state index contributed by atoms with van der Waals surface area (Å²) in [6, 6.07) is 9.75. The van der Waals surface area contributed by atoms with E-state index in [0.29, 0.717) is 18.1 Å². The molecule has 2 rings (SSSR count). The van der Waals surface area contributed by atoms with Crippen molar-refractivity contribution in [1.29, 1.82) is 5.26 Å². The summed E-state index contributed by atoms with van der Waals surface area (Å²) >= 11 is 3.40. The smallest absolute Gasteiger partial charge is 0.229 e. The highest BCUT2D eigenvalue weighted by atomic mass is 79.9. The van der Waals surface area contributed by atoms with Gasteiger partial charge in [0.1, 0.15) is 0 Å². The first-order chi connectivity index (χ1) is 9.17. The topological polar surface area (TPSA) is 82.9 Å². The van der Waals surface area contributed by atoms with E-state index in [9.17, 15) is 5.11 Å². The maximum absolute atomic E-state index is 9.48. The third kappa shape index (κ3) is 4.16. The molecule has 2 aromatic rings. The number of aromatic nitrogens is 2. The predicted octanol–water partition coefficient (Wildman–Crippen LogP) is 2.24. The minimum absolute atomic E-state index is 0.0589. The van der Waals surface area contributed by atoms with E-state index in [2.05, 4.69) is 26.1 Å². The number of aliphatic hydroxyl groups excluding tert-OH is 1. The van der Waals surface area contributed by atoms with Gasteiger partial charge in [0.25, 0.3) is 0 Å². The lowest BCUT2D eigenvalue weighted by atomic mass is 10.1. The summed E-state index contributed by atoms with van der Waals surface area (Å²) in [6.07, 6.45) is 0.0730. The van der Waals surface area contributed by atoms with Crippen LogP contribution in [0.5, 0.6) is 0 Å². The van der Waals surface area contributed by atoms with E-state index in [-0.39, 0.29) is 12.8 Å². The van der Waals surface area contributed by atoms with Gasteiger partial charge < -0.3 is 9.63 Å². The fourth-order valence-corrected chi connectivity index (χ4v) is 2.10. The maximum Gasteiger partial charge on any atom is 0.229 e. The van der Waals surface area contributed by atoms with Crippen LogP contribution in [-0.2, 0) is 12.8 Å². The molecule has 0 spiro atoms. The average Bonchev–Trinajstić information content (AvgIpc) is 2.76. The predicted molar refractivity (Wildman–Crippen MR) is 71.2 cm³/mol. The summed E-state index contributed by atoms with van der Waals surface area (Å²) in [5, 5.41) is 21.8. The van der Waals surface area contributed by atoms with Crippen molar-refractivity contribution >= 4 is 15.9 Å². The SMILES string of the molecule is N#CCC(O)Cc1nc(Cc2cccc(Br)c2)no1. The van der Waals surface area contributed by atoms with Crippen LogP contribution in [0, 0.1) is 11.3 Å². The van der Waals surface area contributed by atoms with Crippen LogP contribution in [0.2, 0.25) is 0 Å². The van der Waals surface area contributed by atoms with Crippen LogP contribution in [0.25, 0.3) is 0 Å². The molecular weight excluding hydrogens is 310 g/mol. The van der Waals surface area contributed by atoms with E-state index < -0.39 is 6.10 Å². The lowest BCUT2D eigenvalue weighted by Gasteiger charge is -2.00. The van der Waals surface area contributed by atoms with Crippen molar-refractivity contribution in [3.63, 3.8) is 0 Å². The number of halogens is 1. The largest absolute Gasteiger partial charge is 0.392 e. The van der Waals surface area contributed by atoms with Gasteiger partial charge >= 0.3 is 0 Å². The van der Waals surface area contributed by atoms with Gasteiger partial charge in [-0.2, -0.15) is 10.2 Å². The Balaban J connectivity index is 1.99. The van der Waals surface area contributed by atoms with Gasteiger partial charge in [-0.3, -0.25) is 0 Å². The van der Waals surface area contributed by atoms with Crippen LogP contribution in [-0.4, -0.2) is 21.4 Å². The number of aliphatic hydroxyl groups is 1. The zero-order valence-electron chi connectivity index (χ0n) is 10.1. The monoisotopic (exact) mass is 321 g/mol. The van der Waals surface area contributed by atoms with Gasteiger partial charge in [0.05, 0.1) is 25.0 Å². The molecule has 0 fully saturated rings. The third-order valence-electron chi connectivity index (χ3n) is 2.50. The molecule has 1 aromatic carbocycles. The molecule has 1 N–H and O–H groups in total. The van der Waals surface area contributed by atoms with E-state index >= 15 is 0 Å². The van der Waals surface area contributed by atoms with Crippen molar-refractivity contribution in [2.24, 2.45) is 0 Å². The van der Waals surface area contributed by atoms with Gasteiger partial charge in [-0.25, -0.2) is 0 Å². The fourth-order valence-electron chi connectivity index (χ4n) is 1.65. The molecule has 1 aromatic heterocycles. The standard InChI is InChI=1S/C13H12BrN3O2/c14-10-3-1-2-9(6-10)7-12-16-13(19-17-12)8-11(18)4-5-15/h1-3,6,11,18H,4,7-8H2. The van der Waals surface area contributed by atoms with Crippen molar-refractivity contribution in [2.75, 3.05) is 0 Å². The molecule has 5 nitrogen and oxygen atoms in total. The quantitative estimate of drug-likeness (QED) is 0.913. The Hall–Kier alpha value is -1.71. The molecule has 0 amide bonds. The third-order valence-corrected chi connectivity index (χ3v) is 2.99. The molecule has 6 heteroatoms. The average molecular weight is 322 g/mol. The van der Waals surface area contributed by atoms with E-state index in [4.69, 9.17) is 9.78 Å². The van der Waals surface area contributed by atoms with Crippen molar-refractivity contribution in [3.8, 4) is 6.07 Å². The van der Waals surface area contributed by atoms with Gasteiger partial charge in [0.2, 0.25) is 5.89 Å². The highest BCUT2D eigenvalue weighted by Gasteiger charge is 2.12. The van der Waals surface area contributed by atoms with Crippen LogP contribution in [0.1, 0.15) is 23.7 Å². The van der Waals surface area contributed by atoms with Gasteiger partial charge in [-0.05, 0) is 17.7 Å². The second-order valence-electron chi connectivity index (χ2n) is 4.13. The summed E-state index contributed by atoms with van der Waals surface area (Å²) in [6.45, 7) is 0. The second kappa shape index (κ2) is 6.45. The normalized spacial score (nSPS) is 12.1. The molecule has 0 aliphatic rings. The van der Waals surface area contributed by atoms with Gasteiger partial charge in [-0.1, -0.05) is 33.2 Å². The highest BCUT2D eigenvalue weighted by molar-refractivity contribution is 9.10. The Morgan fingerprint density at radius 1 is 1.47 bits per heavy atom. The van der Waals surface area contributed by atoms with Crippen LogP contribution in [0.15, 0.2) is 33.3 Å². The van der Waals surface area contributed by atoms with Crippen LogP contribution in [0.4, 0.5) is 0 Å². The lowest BCUT2D eigenvalue weighted by molar-refractivity contribution is 0.167. The highest BCUT2D eigenvalue weighted by Crippen LogP contribution is 2.14. The molecule has 0 saturated carbocycles.